The molecule has 0 aromatic heterocycles. The highest BCUT2D eigenvalue weighted by atomic mass is 127. The molecule has 0 aliphatic carbocycles. The first kappa shape index (κ1) is 13.7. The van der Waals surface area contributed by atoms with Gasteiger partial charge in [-0.05, 0) is 59.7 Å². The Bertz CT molecular complexity index is 524. The molecule has 1 aromatic rings. The molecular weight excluding hydrogens is 369 g/mol. The van der Waals surface area contributed by atoms with Gasteiger partial charge in [-0.15, -0.1) is 0 Å². The SMILES string of the molecule is O=C1CN(C2CCN(c3ccc(I)cc3)CC2)C(=O)N1. The van der Waals surface area contributed by atoms with Crippen molar-refractivity contribution in [3.8, 4) is 0 Å². The molecule has 3 amide bonds. The number of carbonyl (C=O) groups is 2. The van der Waals surface area contributed by atoms with E-state index < -0.39 is 0 Å². The molecule has 3 rings (SSSR count). The van der Waals surface area contributed by atoms with Crippen molar-refractivity contribution < 1.29 is 9.59 Å². The van der Waals surface area contributed by atoms with Gasteiger partial charge in [0.1, 0.15) is 6.54 Å². The number of rotatable bonds is 2. The average molecular weight is 385 g/mol. The maximum absolute atomic E-state index is 11.7. The molecule has 2 heterocycles. The topological polar surface area (TPSA) is 52.7 Å². The van der Waals surface area contributed by atoms with Gasteiger partial charge in [0.05, 0.1) is 0 Å². The van der Waals surface area contributed by atoms with Crippen LogP contribution >= 0.6 is 22.6 Å². The summed E-state index contributed by atoms with van der Waals surface area (Å²) >= 11 is 2.30. The summed E-state index contributed by atoms with van der Waals surface area (Å²) in [5, 5.41) is 2.35. The van der Waals surface area contributed by atoms with E-state index in [0.717, 1.165) is 25.9 Å². The number of nitrogens with zero attached hydrogens (tertiary/aromatic N) is 2. The van der Waals surface area contributed by atoms with Gasteiger partial charge in [0.15, 0.2) is 0 Å². The van der Waals surface area contributed by atoms with Crippen molar-refractivity contribution >= 4 is 40.2 Å². The summed E-state index contributed by atoms with van der Waals surface area (Å²) in [6.07, 6.45) is 1.82. The highest BCUT2D eigenvalue weighted by Gasteiger charge is 2.34. The first-order valence-electron chi connectivity index (χ1n) is 6.74. The lowest BCUT2D eigenvalue weighted by Gasteiger charge is -2.37. The van der Waals surface area contributed by atoms with Gasteiger partial charge >= 0.3 is 6.03 Å². The summed E-state index contributed by atoms with van der Waals surface area (Å²) in [7, 11) is 0. The van der Waals surface area contributed by atoms with Crippen molar-refractivity contribution in [2.75, 3.05) is 24.5 Å². The predicted molar refractivity (Wildman–Crippen MR) is 84.6 cm³/mol. The number of imide groups is 1. The minimum atomic E-state index is -0.234. The van der Waals surface area contributed by atoms with Crippen LogP contribution in [-0.2, 0) is 4.79 Å². The van der Waals surface area contributed by atoms with Crippen LogP contribution < -0.4 is 10.2 Å². The Hall–Kier alpha value is -1.31. The van der Waals surface area contributed by atoms with Crippen LogP contribution in [0.15, 0.2) is 24.3 Å². The summed E-state index contributed by atoms with van der Waals surface area (Å²) in [6.45, 7) is 2.06. The van der Waals surface area contributed by atoms with E-state index in [1.54, 1.807) is 4.90 Å². The molecule has 0 unspecified atom stereocenters. The van der Waals surface area contributed by atoms with Crippen LogP contribution in [0.4, 0.5) is 10.5 Å². The van der Waals surface area contributed by atoms with Gasteiger partial charge in [-0.3, -0.25) is 10.1 Å². The van der Waals surface area contributed by atoms with Crippen LogP contribution in [-0.4, -0.2) is 42.5 Å². The first-order chi connectivity index (χ1) is 9.63. The number of hydrogen-bond acceptors (Lipinski definition) is 3. The quantitative estimate of drug-likeness (QED) is 0.624. The zero-order valence-electron chi connectivity index (χ0n) is 11.0. The van der Waals surface area contributed by atoms with Crippen LogP contribution in [0.3, 0.4) is 0 Å². The zero-order valence-corrected chi connectivity index (χ0v) is 13.2. The van der Waals surface area contributed by atoms with E-state index in [0.29, 0.717) is 0 Å². The molecule has 0 atom stereocenters. The predicted octanol–water partition coefficient (Wildman–Crippen LogP) is 1.81. The van der Waals surface area contributed by atoms with Crippen molar-refractivity contribution in [3.63, 3.8) is 0 Å². The molecule has 1 aromatic carbocycles. The Labute approximate surface area is 131 Å². The molecule has 2 aliphatic heterocycles. The molecule has 0 saturated carbocycles. The Morgan fingerprint density at radius 2 is 1.75 bits per heavy atom. The first-order valence-corrected chi connectivity index (χ1v) is 7.82. The summed E-state index contributed by atoms with van der Waals surface area (Å²) in [5.41, 5.74) is 1.23. The van der Waals surface area contributed by atoms with Crippen LogP contribution in [0.5, 0.6) is 0 Å². The Kier molecular flexibility index (Phi) is 3.82. The molecule has 5 nitrogen and oxygen atoms in total. The smallest absolute Gasteiger partial charge is 0.324 e. The van der Waals surface area contributed by atoms with E-state index in [9.17, 15) is 9.59 Å². The molecule has 2 fully saturated rings. The second-order valence-electron chi connectivity index (χ2n) is 5.18. The maximum atomic E-state index is 11.7. The average Bonchev–Trinajstić information content (AvgIpc) is 2.79. The molecule has 1 N–H and O–H groups in total. The number of halogens is 1. The van der Waals surface area contributed by atoms with E-state index in [2.05, 4.69) is 57.1 Å². The molecule has 0 bridgehead atoms. The molecule has 106 valence electrons. The van der Waals surface area contributed by atoms with Crippen LogP contribution in [0.25, 0.3) is 0 Å². The highest BCUT2D eigenvalue weighted by Crippen LogP contribution is 2.24. The Morgan fingerprint density at radius 3 is 2.30 bits per heavy atom. The van der Waals surface area contributed by atoms with Gasteiger partial charge in [0.2, 0.25) is 5.91 Å². The van der Waals surface area contributed by atoms with Crippen molar-refractivity contribution in [1.29, 1.82) is 0 Å². The van der Waals surface area contributed by atoms with Gasteiger partial charge in [-0.25, -0.2) is 4.79 Å². The van der Waals surface area contributed by atoms with E-state index in [4.69, 9.17) is 0 Å². The summed E-state index contributed by atoms with van der Waals surface area (Å²) in [4.78, 5) is 26.9. The minimum Gasteiger partial charge on any atom is -0.371 e. The number of piperidine rings is 1. The Morgan fingerprint density at radius 1 is 1.10 bits per heavy atom. The third-order valence-corrected chi connectivity index (χ3v) is 4.64. The fraction of sp³-hybridized carbons (Fsp3) is 0.429. The van der Waals surface area contributed by atoms with Gasteiger partial charge in [0, 0.05) is 28.4 Å². The standard InChI is InChI=1S/C14H16IN3O2/c15-10-1-3-11(4-2-10)17-7-5-12(6-8-17)18-9-13(19)16-14(18)20/h1-4,12H,5-9H2,(H,16,19,20). The van der Waals surface area contributed by atoms with Crippen LogP contribution in [0.1, 0.15) is 12.8 Å². The van der Waals surface area contributed by atoms with Crippen LogP contribution in [0, 0.1) is 3.57 Å². The molecule has 6 heteroatoms. The molecule has 0 spiro atoms. The number of benzene rings is 1. The number of urea groups is 1. The summed E-state index contributed by atoms with van der Waals surface area (Å²) in [5.74, 6) is -0.185. The van der Waals surface area contributed by atoms with Crippen molar-refractivity contribution in [2.45, 2.75) is 18.9 Å². The van der Waals surface area contributed by atoms with E-state index in [-0.39, 0.29) is 24.5 Å². The largest absolute Gasteiger partial charge is 0.371 e. The molecular formula is C14H16IN3O2. The van der Waals surface area contributed by atoms with E-state index in [1.165, 1.54) is 9.26 Å². The fourth-order valence-corrected chi connectivity index (χ4v) is 3.20. The Balaban J connectivity index is 1.61. The van der Waals surface area contributed by atoms with E-state index in [1.807, 2.05) is 0 Å². The number of hydrogen-bond donors (Lipinski definition) is 1. The normalized spacial score (nSPS) is 20.4. The lowest BCUT2D eigenvalue weighted by molar-refractivity contribution is -0.118. The van der Waals surface area contributed by atoms with Gasteiger partial charge in [0.25, 0.3) is 0 Å². The maximum Gasteiger partial charge on any atom is 0.324 e. The third-order valence-electron chi connectivity index (χ3n) is 3.92. The number of nitrogens with one attached hydrogen (secondary N) is 1. The number of amides is 3. The molecule has 2 saturated heterocycles. The summed E-state index contributed by atoms with van der Waals surface area (Å²) in [6, 6.07) is 8.43. The van der Waals surface area contributed by atoms with Gasteiger partial charge in [-0.1, -0.05) is 0 Å². The number of anilines is 1. The third kappa shape index (κ3) is 2.74. The zero-order chi connectivity index (χ0) is 14.1. The second kappa shape index (κ2) is 5.59. The van der Waals surface area contributed by atoms with Crippen molar-refractivity contribution in [2.24, 2.45) is 0 Å². The van der Waals surface area contributed by atoms with Gasteiger partial charge < -0.3 is 9.80 Å². The van der Waals surface area contributed by atoms with Crippen LogP contribution in [0.2, 0.25) is 0 Å². The lowest BCUT2D eigenvalue weighted by atomic mass is 10.0. The summed E-state index contributed by atoms with van der Waals surface area (Å²) < 4.78 is 1.23. The molecule has 0 radical (unpaired) electrons. The molecule has 20 heavy (non-hydrogen) atoms. The minimum absolute atomic E-state index is 0.182. The van der Waals surface area contributed by atoms with Crippen molar-refractivity contribution in [3.05, 3.63) is 27.8 Å². The van der Waals surface area contributed by atoms with Crippen molar-refractivity contribution in [1.82, 2.24) is 10.2 Å². The monoisotopic (exact) mass is 385 g/mol. The van der Waals surface area contributed by atoms with Gasteiger partial charge in [-0.2, -0.15) is 0 Å². The second-order valence-corrected chi connectivity index (χ2v) is 6.42. The fourth-order valence-electron chi connectivity index (χ4n) is 2.84. The number of carbonyl (C=O) groups excluding carboxylic acids is 2. The lowest BCUT2D eigenvalue weighted by Crippen LogP contribution is -2.46. The highest BCUT2D eigenvalue weighted by molar-refractivity contribution is 14.1. The van der Waals surface area contributed by atoms with E-state index >= 15 is 0 Å². The molecule has 2 aliphatic rings.